The second-order valence-corrected chi connectivity index (χ2v) is 4.82. The van der Waals surface area contributed by atoms with Gasteiger partial charge in [0.2, 0.25) is 0 Å². The number of thiazole rings is 1. The summed E-state index contributed by atoms with van der Waals surface area (Å²) in [6.45, 7) is 2.00. The first-order valence-corrected chi connectivity index (χ1v) is 5.71. The van der Waals surface area contributed by atoms with Crippen molar-refractivity contribution in [1.29, 1.82) is 0 Å². The first-order valence-electron chi connectivity index (χ1n) is 4.10. The van der Waals surface area contributed by atoms with E-state index >= 15 is 0 Å². The molecule has 1 aromatic carbocycles. The third kappa shape index (κ3) is 2.13. The van der Waals surface area contributed by atoms with E-state index in [1.807, 2.05) is 31.2 Å². The van der Waals surface area contributed by atoms with Crippen LogP contribution in [0.15, 0.2) is 34.9 Å². The Morgan fingerprint density at radius 1 is 1.36 bits per heavy atom. The van der Waals surface area contributed by atoms with Crippen LogP contribution in [0.3, 0.4) is 0 Å². The lowest BCUT2D eigenvalue weighted by Crippen LogP contribution is -1.82. The first kappa shape index (κ1) is 9.68. The topological polar surface area (TPSA) is 22.1 Å². The molecule has 0 amide bonds. The normalized spacial score (nSPS) is 10.1. The smallest absolute Gasteiger partial charge is 0.278 e. The molecule has 2 rings (SSSR count). The quantitative estimate of drug-likeness (QED) is 0.822. The fourth-order valence-corrected chi connectivity index (χ4v) is 1.99. The van der Waals surface area contributed by atoms with Gasteiger partial charge in [-0.1, -0.05) is 23.5 Å². The highest BCUT2D eigenvalue weighted by Gasteiger charge is 2.04. The number of aromatic nitrogens is 1. The van der Waals surface area contributed by atoms with Gasteiger partial charge in [0.05, 0.1) is 4.47 Å². The van der Waals surface area contributed by atoms with Gasteiger partial charge in [0, 0.05) is 11.1 Å². The van der Waals surface area contributed by atoms with Crippen molar-refractivity contribution in [1.82, 2.24) is 4.98 Å². The lowest BCUT2D eigenvalue weighted by Gasteiger charge is -2.02. The van der Waals surface area contributed by atoms with E-state index in [0.29, 0.717) is 5.19 Å². The largest absolute Gasteiger partial charge is 0.430 e. The second-order valence-electron chi connectivity index (χ2n) is 2.77. The van der Waals surface area contributed by atoms with Crippen LogP contribution in [0.25, 0.3) is 0 Å². The van der Waals surface area contributed by atoms with Crippen molar-refractivity contribution in [2.24, 2.45) is 0 Å². The van der Waals surface area contributed by atoms with Gasteiger partial charge >= 0.3 is 0 Å². The predicted molar refractivity (Wildman–Crippen MR) is 61.1 cm³/mol. The number of hydrogen-bond donors (Lipinski definition) is 0. The monoisotopic (exact) mass is 269 g/mol. The van der Waals surface area contributed by atoms with Gasteiger partial charge in [0.15, 0.2) is 0 Å². The van der Waals surface area contributed by atoms with Gasteiger partial charge in [0.1, 0.15) is 5.75 Å². The molecule has 0 fully saturated rings. The van der Waals surface area contributed by atoms with Crippen molar-refractivity contribution < 1.29 is 4.74 Å². The van der Waals surface area contributed by atoms with Crippen LogP contribution in [0.2, 0.25) is 0 Å². The fraction of sp³-hybridized carbons (Fsp3) is 0.100. The van der Waals surface area contributed by atoms with Crippen molar-refractivity contribution in [3.8, 4) is 10.9 Å². The Balaban J connectivity index is 2.23. The van der Waals surface area contributed by atoms with Crippen LogP contribution in [0, 0.1) is 6.92 Å². The molecule has 0 aliphatic heterocycles. The van der Waals surface area contributed by atoms with Gasteiger partial charge in [-0.05, 0) is 35.0 Å². The number of ether oxygens (including phenoxy) is 1. The number of para-hydroxylation sites is 1. The summed E-state index contributed by atoms with van der Waals surface area (Å²) in [7, 11) is 0. The molecule has 0 unspecified atom stereocenters. The molecule has 1 aromatic heterocycles. The maximum atomic E-state index is 5.59. The molecule has 72 valence electrons. The van der Waals surface area contributed by atoms with Crippen molar-refractivity contribution >= 4 is 27.3 Å². The molecule has 0 spiro atoms. The minimum absolute atomic E-state index is 0.675. The van der Waals surface area contributed by atoms with Gasteiger partial charge in [-0.25, -0.2) is 4.98 Å². The zero-order valence-corrected chi connectivity index (χ0v) is 9.93. The van der Waals surface area contributed by atoms with Gasteiger partial charge in [0.25, 0.3) is 5.19 Å². The molecule has 0 atom stereocenters. The molecular formula is C10H8BrNOS. The number of hydrogen-bond acceptors (Lipinski definition) is 3. The Morgan fingerprint density at radius 2 is 2.14 bits per heavy atom. The molecule has 2 aromatic rings. The zero-order chi connectivity index (χ0) is 9.97. The molecule has 0 saturated heterocycles. The van der Waals surface area contributed by atoms with Gasteiger partial charge in [-0.3, -0.25) is 0 Å². The second kappa shape index (κ2) is 4.11. The predicted octanol–water partition coefficient (Wildman–Crippen LogP) is 4.01. The van der Waals surface area contributed by atoms with Crippen LogP contribution in [-0.2, 0) is 0 Å². The van der Waals surface area contributed by atoms with E-state index in [1.165, 1.54) is 11.3 Å². The molecule has 4 heteroatoms. The molecule has 0 N–H and O–H groups in total. The highest BCUT2D eigenvalue weighted by molar-refractivity contribution is 9.10. The van der Waals surface area contributed by atoms with Gasteiger partial charge in [-0.2, -0.15) is 0 Å². The van der Waals surface area contributed by atoms with Crippen molar-refractivity contribution in [2.75, 3.05) is 0 Å². The summed E-state index contributed by atoms with van der Waals surface area (Å²) >= 11 is 4.95. The van der Waals surface area contributed by atoms with Crippen LogP contribution < -0.4 is 4.74 Å². The summed E-state index contributed by atoms with van der Waals surface area (Å²) in [6.07, 6.45) is 1.80. The number of halogens is 1. The maximum Gasteiger partial charge on any atom is 0.278 e. The molecule has 1 heterocycles. The Hall–Kier alpha value is -0.870. The summed E-state index contributed by atoms with van der Waals surface area (Å²) in [4.78, 5) is 5.27. The van der Waals surface area contributed by atoms with E-state index in [-0.39, 0.29) is 0 Å². The SMILES string of the molecule is Cc1cnc(Oc2ccccc2Br)s1. The van der Waals surface area contributed by atoms with Crippen molar-refractivity contribution in [3.63, 3.8) is 0 Å². The average molecular weight is 270 g/mol. The molecule has 0 radical (unpaired) electrons. The molecule has 0 saturated carbocycles. The van der Waals surface area contributed by atoms with Crippen LogP contribution in [0.1, 0.15) is 4.88 Å². The van der Waals surface area contributed by atoms with Gasteiger partial charge < -0.3 is 4.74 Å². The lowest BCUT2D eigenvalue weighted by molar-refractivity contribution is 0.476. The number of rotatable bonds is 2. The van der Waals surface area contributed by atoms with Crippen molar-refractivity contribution in [2.45, 2.75) is 6.92 Å². The molecule has 0 aliphatic rings. The highest BCUT2D eigenvalue weighted by atomic mass is 79.9. The first-order chi connectivity index (χ1) is 6.75. The third-order valence-electron chi connectivity index (χ3n) is 1.63. The summed E-state index contributed by atoms with van der Waals surface area (Å²) in [5.41, 5.74) is 0. The van der Waals surface area contributed by atoms with E-state index in [0.717, 1.165) is 15.1 Å². The summed E-state index contributed by atoms with van der Waals surface area (Å²) in [6, 6.07) is 7.72. The van der Waals surface area contributed by atoms with E-state index in [9.17, 15) is 0 Å². The highest BCUT2D eigenvalue weighted by Crippen LogP contribution is 2.31. The van der Waals surface area contributed by atoms with Crippen LogP contribution in [0.4, 0.5) is 0 Å². The minimum atomic E-state index is 0.675. The molecule has 14 heavy (non-hydrogen) atoms. The molecule has 2 nitrogen and oxygen atoms in total. The van der Waals surface area contributed by atoms with Crippen molar-refractivity contribution in [3.05, 3.63) is 39.8 Å². The summed E-state index contributed by atoms with van der Waals surface area (Å²) in [5.74, 6) is 0.793. The van der Waals surface area contributed by atoms with Gasteiger partial charge in [-0.15, -0.1) is 0 Å². The summed E-state index contributed by atoms with van der Waals surface area (Å²) < 4.78 is 6.53. The Kier molecular flexibility index (Phi) is 2.84. The van der Waals surface area contributed by atoms with Crippen LogP contribution in [0.5, 0.6) is 10.9 Å². The number of nitrogens with zero attached hydrogens (tertiary/aromatic N) is 1. The minimum Gasteiger partial charge on any atom is -0.430 e. The Morgan fingerprint density at radius 3 is 2.79 bits per heavy atom. The Labute approximate surface area is 94.7 Å². The van der Waals surface area contributed by atoms with Crippen LogP contribution >= 0.6 is 27.3 Å². The van der Waals surface area contributed by atoms with E-state index in [1.54, 1.807) is 6.20 Å². The average Bonchev–Trinajstić information content (AvgIpc) is 2.56. The fourth-order valence-electron chi connectivity index (χ4n) is 1.00. The third-order valence-corrected chi connectivity index (χ3v) is 3.08. The number of benzene rings is 1. The standard InChI is InChI=1S/C10H8BrNOS/c1-7-6-12-10(14-7)13-9-5-3-2-4-8(9)11/h2-6H,1H3. The van der Waals surface area contributed by atoms with E-state index in [2.05, 4.69) is 20.9 Å². The molecule has 0 bridgehead atoms. The van der Waals surface area contributed by atoms with Crippen LogP contribution in [-0.4, -0.2) is 4.98 Å². The lowest BCUT2D eigenvalue weighted by atomic mass is 10.3. The Bertz CT molecular complexity index is 441. The van der Waals surface area contributed by atoms with E-state index in [4.69, 9.17) is 4.74 Å². The van der Waals surface area contributed by atoms with E-state index < -0.39 is 0 Å². The summed E-state index contributed by atoms with van der Waals surface area (Å²) in [5, 5.41) is 0.675. The zero-order valence-electron chi connectivity index (χ0n) is 7.53. The number of aryl methyl sites for hydroxylation is 1. The molecule has 0 aliphatic carbocycles. The maximum absolute atomic E-state index is 5.59. The molecular weight excluding hydrogens is 262 g/mol.